The molecule has 48 heavy (non-hydrogen) atoms. The molecule has 5 heterocycles. The van der Waals surface area contributed by atoms with E-state index in [0.717, 1.165) is 78.2 Å². The monoisotopic (exact) mass is 638 g/mol. The Labute approximate surface area is 282 Å². The van der Waals surface area contributed by atoms with E-state index in [4.69, 9.17) is 20.0 Å². The molecule has 3 aromatic carbocycles. The van der Waals surface area contributed by atoms with Crippen molar-refractivity contribution < 1.29 is 0 Å². The highest BCUT2D eigenvalue weighted by Gasteiger charge is 2.36. The third-order valence-corrected chi connectivity index (χ3v) is 7.96. The number of amidine groups is 2. The van der Waals surface area contributed by atoms with Gasteiger partial charge in [0.15, 0.2) is 0 Å². The number of aromatic amines is 3. The van der Waals surface area contributed by atoms with Gasteiger partial charge in [-0.15, -0.1) is 0 Å². The minimum absolute atomic E-state index is 0.0572. The van der Waals surface area contributed by atoms with E-state index >= 15 is 0 Å². The van der Waals surface area contributed by atoms with Crippen LogP contribution >= 0.6 is 0 Å². The number of hydrogen-bond donors (Lipinski definition) is 4. The van der Waals surface area contributed by atoms with Gasteiger partial charge in [-0.25, -0.2) is 20.0 Å². The fraction of sp³-hybridized carbons (Fsp3) is 0.250. The van der Waals surface area contributed by atoms with Crippen LogP contribution in [0.5, 0.6) is 0 Å². The molecular formula is C40H46N8. The summed E-state index contributed by atoms with van der Waals surface area (Å²) in [7, 11) is 0. The summed E-state index contributed by atoms with van der Waals surface area (Å²) in [5, 5.41) is 9.59. The molecule has 8 nitrogen and oxygen atoms in total. The predicted molar refractivity (Wildman–Crippen MR) is 205 cm³/mol. The first-order valence-corrected chi connectivity index (χ1v) is 17.3. The molecule has 3 aliphatic rings. The van der Waals surface area contributed by atoms with Crippen LogP contribution in [0.4, 0.5) is 23.3 Å². The Balaban J connectivity index is 0.000000528. The van der Waals surface area contributed by atoms with Crippen molar-refractivity contribution in [2.45, 2.75) is 55.4 Å². The molecule has 246 valence electrons. The number of hydrogen-bond acceptors (Lipinski definition) is 5. The Morgan fingerprint density at radius 2 is 0.708 bits per heavy atom. The first-order chi connectivity index (χ1) is 23.8. The van der Waals surface area contributed by atoms with Gasteiger partial charge in [-0.3, -0.25) is 0 Å². The van der Waals surface area contributed by atoms with E-state index in [1.54, 1.807) is 0 Å². The average Bonchev–Trinajstić information content (AvgIpc) is 3.91. The van der Waals surface area contributed by atoms with Crippen molar-refractivity contribution in [3.8, 4) is 0 Å². The molecule has 9 rings (SSSR count). The number of aromatic nitrogens is 3. The molecular weight excluding hydrogens is 592 g/mol. The fourth-order valence-corrected chi connectivity index (χ4v) is 6.05. The van der Waals surface area contributed by atoms with Crippen LogP contribution in [-0.4, -0.2) is 26.6 Å². The summed E-state index contributed by atoms with van der Waals surface area (Å²) in [5.41, 5.74) is 1.48. The lowest BCUT2D eigenvalue weighted by Gasteiger charge is -2.13. The maximum absolute atomic E-state index is 5.14. The van der Waals surface area contributed by atoms with Gasteiger partial charge in [0.25, 0.3) is 0 Å². The van der Waals surface area contributed by atoms with E-state index in [1.807, 2.05) is 91.8 Å². The van der Waals surface area contributed by atoms with Crippen molar-refractivity contribution in [1.29, 1.82) is 0 Å². The maximum atomic E-state index is 5.14. The molecule has 0 radical (unpaired) electrons. The SMILES string of the molecule is C1=CC2C3=Nc4[nH]c(c5ccccc45)N=c4[nH]c(c5ccccc45)=Nc4[nH]c(c5ccccc45)N=C(N3)C2C=C1.CC.CC.CC.CC. The molecule has 1 saturated heterocycles. The van der Waals surface area contributed by atoms with E-state index in [9.17, 15) is 0 Å². The Kier molecular flexibility index (Phi) is 10.9. The van der Waals surface area contributed by atoms with Crippen molar-refractivity contribution in [3.63, 3.8) is 0 Å². The van der Waals surface area contributed by atoms with E-state index in [-0.39, 0.29) is 11.8 Å². The molecule has 1 aliphatic carbocycles. The largest absolute Gasteiger partial charge is 0.331 e. The van der Waals surface area contributed by atoms with Gasteiger partial charge in [-0.05, 0) is 0 Å². The number of aliphatic imine (C=N–C) groups is 2. The first-order valence-electron chi connectivity index (χ1n) is 17.3. The highest BCUT2D eigenvalue weighted by atomic mass is 15.2. The van der Waals surface area contributed by atoms with Crippen LogP contribution in [0.25, 0.3) is 32.3 Å². The molecule has 2 unspecified atom stereocenters. The minimum atomic E-state index is 0.0572. The van der Waals surface area contributed by atoms with E-state index < -0.39 is 0 Å². The molecule has 1 fully saturated rings. The summed E-state index contributed by atoms with van der Waals surface area (Å²) in [5.74, 6) is 4.84. The zero-order valence-electron chi connectivity index (χ0n) is 29.2. The summed E-state index contributed by atoms with van der Waals surface area (Å²) in [4.78, 5) is 31.0. The number of nitrogens with zero attached hydrogens (tertiary/aromatic N) is 4. The lowest BCUT2D eigenvalue weighted by molar-refractivity contribution is 0.768. The van der Waals surface area contributed by atoms with Crippen LogP contribution in [0.3, 0.4) is 0 Å². The number of rotatable bonds is 0. The Hall–Kier alpha value is -5.50. The third kappa shape index (κ3) is 6.01. The molecule has 2 aliphatic heterocycles. The smallest absolute Gasteiger partial charge is 0.142 e. The zero-order chi connectivity index (χ0) is 34.2. The summed E-state index contributed by atoms with van der Waals surface area (Å²) in [6.45, 7) is 16.0. The number of fused-ring (bicyclic) bond motifs is 20. The lowest BCUT2D eigenvalue weighted by atomic mass is 9.90. The molecule has 2 atom stereocenters. The molecule has 0 saturated carbocycles. The second kappa shape index (κ2) is 15.4. The Bertz CT molecular complexity index is 2110. The van der Waals surface area contributed by atoms with Crippen LogP contribution in [0, 0.1) is 11.8 Å². The van der Waals surface area contributed by atoms with Gasteiger partial charge in [0.1, 0.15) is 45.9 Å². The standard InChI is InChI=1S/C32H22N8.4C2H6/c1-2-10-18-17(9-1)25-33-26(18)38-28-21-13-5-6-14-22(21)30(35-28)40-32-24-16-8-7-15-23(24)31(36-32)39-29-20-12-4-3-11-19(20)27(34-29)37-25;4*1-2/h1-18,34-35H,(H,33,37,38)(H,36,39,40);4*1-2H3. The van der Waals surface area contributed by atoms with Crippen molar-refractivity contribution in [2.24, 2.45) is 31.8 Å². The third-order valence-electron chi connectivity index (χ3n) is 7.96. The minimum Gasteiger partial charge on any atom is -0.331 e. The molecule has 4 N–H and O–H groups in total. The highest BCUT2D eigenvalue weighted by molar-refractivity contribution is 6.15. The van der Waals surface area contributed by atoms with Gasteiger partial charge in [-0.2, -0.15) is 0 Å². The molecule has 0 spiro atoms. The van der Waals surface area contributed by atoms with E-state index in [1.165, 1.54) is 0 Å². The predicted octanol–water partition coefficient (Wildman–Crippen LogP) is 10.2. The summed E-state index contributed by atoms with van der Waals surface area (Å²) < 4.78 is 0. The highest BCUT2D eigenvalue weighted by Crippen LogP contribution is 2.38. The van der Waals surface area contributed by atoms with Crippen molar-refractivity contribution in [2.75, 3.05) is 0 Å². The maximum Gasteiger partial charge on any atom is 0.142 e. The van der Waals surface area contributed by atoms with Gasteiger partial charge in [-0.1, -0.05) is 152 Å². The van der Waals surface area contributed by atoms with Gasteiger partial charge in [0.2, 0.25) is 0 Å². The molecule has 3 aromatic heterocycles. The average molecular weight is 639 g/mol. The first kappa shape index (κ1) is 33.9. The van der Waals surface area contributed by atoms with Crippen LogP contribution < -0.4 is 16.3 Å². The van der Waals surface area contributed by atoms with Crippen LogP contribution in [0.2, 0.25) is 0 Å². The Morgan fingerprint density at radius 3 is 1.06 bits per heavy atom. The second-order valence-electron chi connectivity index (χ2n) is 10.3. The van der Waals surface area contributed by atoms with Gasteiger partial charge in [0, 0.05) is 44.2 Å². The van der Waals surface area contributed by atoms with Gasteiger partial charge < -0.3 is 20.3 Å². The molecule has 6 aromatic rings. The van der Waals surface area contributed by atoms with Gasteiger partial charge in [0.05, 0.1) is 0 Å². The number of benzene rings is 3. The second-order valence-corrected chi connectivity index (χ2v) is 10.3. The van der Waals surface area contributed by atoms with E-state index in [0.29, 0.717) is 0 Å². The topological polar surface area (TPSA) is 109 Å². The Morgan fingerprint density at radius 1 is 0.396 bits per heavy atom. The molecule has 0 amide bonds. The molecule has 8 heteroatoms. The summed E-state index contributed by atoms with van der Waals surface area (Å²) >= 11 is 0. The zero-order valence-corrected chi connectivity index (χ0v) is 29.2. The number of allylic oxidation sites excluding steroid dienone is 2. The number of nitrogens with one attached hydrogen (secondary N) is 4. The van der Waals surface area contributed by atoms with Crippen molar-refractivity contribution >= 4 is 67.3 Å². The summed E-state index contributed by atoms with van der Waals surface area (Å²) in [6.07, 6.45) is 8.52. The molecule has 8 bridgehead atoms. The van der Waals surface area contributed by atoms with Crippen molar-refractivity contribution in [3.05, 3.63) is 108 Å². The van der Waals surface area contributed by atoms with E-state index in [2.05, 4.69) is 81.0 Å². The van der Waals surface area contributed by atoms with Crippen LogP contribution in [0.15, 0.2) is 117 Å². The fourth-order valence-electron chi connectivity index (χ4n) is 6.05. The lowest BCUT2D eigenvalue weighted by Crippen LogP contribution is -2.22. The van der Waals surface area contributed by atoms with Crippen LogP contribution in [0.1, 0.15) is 55.4 Å². The van der Waals surface area contributed by atoms with Crippen molar-refractivity contribution in [1.82, 2.24) is 20.3 Å². The number of H-pyrrole nitrogens is 3. The quantitative estimate of drug-likeness (QED) is 0.130. The van der Waals surface area contributed by atoms with Gasteiger partial charge >= 0.3 is 0 Å². The van der Waals surface area contributed by atoms with Crippen LogP contribution in [-0.2, 0) is 0 Å². The summed E-state index contributed by atoms with van der Waals surface area (Å²) in [6, 6.07) is 24.6. The normalized spacial score (nSPS) is 16.5.